The first-order valence-corrected chi connectivity index (χ1v) is 41.9. The molecule has 6 fully saturated rings. The first kappa shape index (κ1) is 80.0. The lowest BCUT2D eigenvalue weighted by Crippen LogP contribution is -2.66. The van der Waals surface area contributed by atoms with Crippen LogP contribution < -0.4 is 25.6 Å². The standard InChI is InChI=1S/C78H101F5N10O9S4/c1-52(54-21-23-55(24-22-54)68-53(2)84-51-104-68)85-71(97)64-18-15-34-93(64)72(98)69(74(3,4)5)87-66(94)19-13-8-9-14-20-67(95)92-42-36-89(37-43-92)35-32-58(47-103-60-16-11-10-12-17-60)86-63-30-29-61(44-65(63)105(99,100)78(81,82)83)106(101,102)88-70(96)56-25-27-59(28-26-56)91-40-38-90(39-41-91)46-57-31-33-75(6,7)45-62(57)76-48-77(49-76,50-76)73(79)80/h10-12,16-17,21-30,44,51-52,58,64,69,73,86H,8-9,13-15,18-20,31-43,45-50H2,1-7H3,(H,85,97)(H,87,94)(H,88,96)/t52-,58+,64-,69?,76?,77?/m0/s1. The third-order valence-corrected chi connectivity index (χ3v) is 27.4. The lowest BCUT2D eigenvalue weighted by molar-refractivity contribution is -0.250. The first-order valence-electron chi connectivity index (χ1n) is 37.1. The van der Waals surface area contributed by atoms with Gasteiger partial charge in [-0.2, -0.15) is 13.2 Å². The number of benzene rings is 4. The molecule has 4 aromatic carbocycles. The van der Waals surface area contributed by atoms with Crippen molar-refractivity contribution in [1.29, 1.82) is 0 Å². The molecule has 576 valence electrons. The molecule has 5 aromatic rings. The number of aromatic nitrogens is 1. The van der Waals surface area contributed by atoms with Gasteiger partial charge in [0.15, 0.2) is 0 Å². The maximum Gasteiger partial charge on any atom is 0.501 e. The molecule has 3 aliphatic heterocycles. The number of rotatable bonds is 30. The monoisotopic (exact) mass is 1540 g/mol. The Morgan fingerprint density at radius 1 is 0.774 bits per heavy atom. The third-order valence-electron chi connectivity index (χ3n) is 22.4. The third kappa shape index (κ3) is 18.8. The number of carbonyl (C=O) groups excluding carboxylic acids is 5. The van der Waals surface area contributed by atoms with Gasteiger partial charge in [-0.3, -0.25) is 33.8 Å². The van der Waals surface area contributed by atoms with Gasteiger partial charge in [-0.15, -0.1) is 23.1 Å². The summed E-state index contributed by atoms with van der Waals surface area (Å²) in [5.41, 5.74) is 0.594. The largest absolute Gasteiger partial charge is 0.501 e. The molecule has 0 radical (unpaired) electrons. The molecule has 1 aromatic heterocycles. The number of carbonyl (C=O) groups is 5. The van der Waals surface area contributed by atoms with Crippen molar-refractivity contribution < 1.29 is 62.8 Å². The number of alkyl halides is 5. The predicted octanol–water partition coefficient (Wildman–Crippen LogP) is 13.4. The van der Waals surface area contributed by atoms with Crippen molar-refractivity contribution >= 4 is 83.9 Å². The number of nitrogens with zero attached hydrogens (tertiary/aromatic N) is 6. The fraction of sp³-hybridized carbons (Fsp3) is 0.564. The van der Waals surface area contributed by atoms with Gasteiger partial charge in [-0.25, -0.2) is 35.3 Å². The second kappa shape index (κ2) is 33.1. The van der Waals surface area contributed by atoms with Crippen molar-refractivity contribution in [2.45, 2.75) is 196 Å². The number of hydrogen-bond acceptors (Lipinski definition) is 16. The molecule has 1 unspecified atom stereocenters. The number of allylic oxidation sites excluding steroid dienone is 1. The highest BCUT2D eigenvalue weighted by Gasteiger charge is 2.73. The van der Waals surface area contributed by atoms with Crippen molar-refractivity contribution in [2.75, 3.05) is 88.0 Å². The number of hydrogen-bond donors (Lipinski definition) is 4. The van der Waals surface area contributed by atoms with Crippen LogP contribution in [0.2, 0.25) is 0 Å². The van der Waals surface area contributed by atoms with E-state index in [9.17, 15) is 62.8 Å². The van der Waals surface area contributed by atoms with E-state index in [-0.39, 0.29) is 58.2 Å². The maximum absolute atomic E-state index is 14.6. The average molecular weight is 1550 g/mol. The van der Waals surface area contributed by atoms with E-state index >= 15 is 0 Å². The van der Waals surface area contributed by atoms with Crippen LogP contribution in [-0.2, 0) is 39.0 Å². The lowest BCUT2D eigenvalue weighted by Gasteiger charge is -2.72. The van der Waals surface area contributed by atoms with E-state index in [1.807, 2.05) is 99.4 Å². The van der Waals surface area contributed by atoms with Crippen LogP contribution >= 0.6 is 23.1 Å². The van der Waals surface area contributed by atoms with E-state index in [2.05, 4.69) is 49.5 Å². The van der Waals surface area contributed by atoms with Crippen LogP contribution in [0.15, 0.2) is 128 Å². The number of unbranched alkanes of at least 4 members (excludes halogenated alkanes) is 3. The Morgan fingerprint density at radius 3 is 2.07 bits per heavy atom. The molecule has 3 saturated carbocycles. The van der Waals surface area contributed by atoms with Gasteiger partial charge in [-0.05, 0) is 166 Å². The van der Waals surface area contributed by atoms with Crippen LogP contribution in [0.1, 0.15) is 166 Å². The molecule has 12 rings (SSSR count). The molecule has 4 atom stereocenters. The molecule has 4 heterocycles. The van der Waals surface area contributed by atoms with Crippen molar-refractivity contribution in [3.63, 3.8) is 0 Å². The highest BCUT2D eigenvalue weighted by Crippen LogP contribution is 2.79. The molecule has 28 heteroatoms. The number of piperazine rings is 2. The van der Waals surface area contributed by atoms with Gasteiger partial charge >= 0.3 is 5.51 Å². The van der Waals surface area contributed by atoms with Crippen LogP contribution in [0.4, 0.5) is 33.3 Å². The van der Waals surface area contributed by atoms with Crippen molar-refractivity contribution in [3.8, 4) is 10.4 Å². The zero-order valence-electron chi connectivity index (χ0n) is 61.7. The molecular weight excluding hydrogens is 1440 g/mol. The summed E-state index contributed by atoms with van der Waals surface area (Å²) >= 11 is 2.97. The minimum atomic E-state index is -6.18. The molecular formula is C78H101F5N10O9S4. The van der Waals surface area contributed by atoms with Gasteiger partial charge in [0.05, 0.1) is 32.7 Å². The van der Waals surface area contributed by atoms with Gasteiger partial charge in [0.2, 0.25) is 30.1 Å². The molecule has 2 bridgehead atoms. The van der Waals surface area contributed by atoms with Crippen LogP contribution in [0.3, 0.4) is 0 Å². The number of likely N-dealkylation sites (tertiary alicyclic amines) is 1. The molecule has 5 amide bonds. The van der Waals surface area contributed by atoms with Crippen LogP contribution in [0.25, 0.3) is 10.4 Å². The summed E-state index contributed by atoms with van der Waals surface area (Å²) in [6.45, 7) is 20.4. The van der Waals surface area contributed by atoms with E-state index in [0.29, 0.717) is 129 Å². The Bertz CT molecular complexity index is 4210. The number of halogens is 5. The summed E-state index contributed by atoms with van der Waals surface area (Å²) in [5.74, 6) is -1.63. The number of amides is 5. The van der Waals surface area contributed by atoms with Gasteiger partial charge in [0.1, 0.15) is 17.0 Å². The van der Waals surface area contributed by atoms with E-state index in [4.69, 9.17) is 0 Å². The van der Waals surface area contributed by atoms with E-state index < -0.39 is 82.1 Å². The van der Waals surface area contributed by atoms with Crippen LogP contribution in [0, 0.1) is 28.6 Å². The number of anilines is 2. The minimum Gasteiger partial charge on any atom is -0.380 e. The fourth-order valence-corrected chi connectivity index (χ4v) is 20.0. The quantitative estimate of drug-likeness (QED) is 0.0145. The van der Waals surface area contributed by atoms with Crippen molar-refractivity contribution in [3.05, 3.63) is 131 Å². The Labute approximate surface area is 629 Å². The number of thiazole rings is 1. The molecule has 0 spiro atoms. The van der Waals surface area contributed by atoms with E-state index in [1.54, 1.807) is 33.3 Å². The SMILES string of the molecule is Cc1ncsc1-c1ccc([C@H](C)NC(=O)[C@@H]2CCCN2C(=O)C(NC(=O)CCCCCCC(=O)N2CCN(CC[C@H](CSc3ccccc3)Nc3ccc(S(=O)(=O)NC(=O)c4ccc(N5CCN(CC6=C(C78CC(C(F)F)(C7)C8)CC(C)(C)CC6)CC5)cc4)cc3S(=O)(=O)C(F)(F)F)CC2)C(C)(C)C)cc1. The summed E-state index contributed by atoms with van der Waals surface area (Å²) < 4.78 is 128. The normalized spacial score (nSPS) is 21.7. The molecule has 7 aliphatic rings. The molecule has 4 N–H and O–H groups in total. The van der Waals surface area contributed by atoms with Crippen LogP contribution in [0.5, 0.6) is 0 Å². The summed E-state index contributed by atoms with van der Waals surface area (Å²) in [4.78, 5) is 82.7. The van der Waals surface area contributed by atoms with Crippen molar-refractivity contribution in [2.24, 2.45) is 21.7 Å². The van der Waals surface area contributed by atoms with Gasteiger partial charge in [0, 0.05) is 118 Å². The lowest BCUT2D eigenvalue weighted by atomic mass is 9.32. The maximum atomic E-state index is 14.6. The molecule has 4 aliphatic carbocycles. The predicted molar refractivity (Wildman–Crippen MR) is 404 cm³/mol. The number of thioether (sulfide) groups is 1. The highest BCUT2D eigenvalue weighted by atomic mass is 32.2. The van der Waals surface area contributed by atoms with Crippen molar-refractivity contribution in [1.82, 2.24) is 39.9 Å². The second-order valence-electron chi connectivity index (χ2n) is 31.8. The highest BCUT2D eigenvalue weighted by molar-refractivity contribution is 7.99. The Kier molecular flexibility index (Phi) is 25.0. The molecule has 106 heavy (non-hydrogen) atoms. The summed E-state index contributed by atoms with van der Waals surface area (Å²) in [7, 11) is -11.1. The van der Waals surface area contributed by atoms with Gasteiger partial charge < -0.3 is 30.7 Å². The summed E-state index contributed by atoms with van der Waals surface area (Å²) in [6.07, 6.45) is 6.92. The second-order valence-corrected chi connectivity index (χ2v) is 37.4. The number of sulfonamides is 1. The molecule has 3 saturated heterocycles. The fourth-order valence-electron chi connectivity index (χ4n) is 16.1. The minimum absolute atomic E-state index is 0.0126. The number of nitrogens with one attached hydrogen (secondary N) is 4. The zero-order chi connectivity index (χ0) is 76.2. The summed E-state index contributed by atoms with van der Waals surface area (Å²) in [6, 6.07) is 23.4. The Balaban J connectivity index is 0.629. The van der Waals surface area contributed by atoms with Crippen LogP contribution in [-0.4, -0.2) is 179 Å². The first-order chi connectivity index (χ1) is 50.1. The smallest absolute Gasteiger partial charge is 0.380 e. The summed E-state index contributed by atoms with van der Waals surface area (Å²) in [5, 5.41) is 9.12. The number of aryl methyl sites for hydroxylation is 1. The van der Waals surface area contributed by atoms with Gasteiger partial charge in [-0.1, -0.05) is 101 Å². The topological polar surface area (TPSA) is 231 Å². The Morgan fingerprint density at radius 2 is 1.43 bits per heavy atom. The number of sulfone groups is 1. The Hall–Kier alpha value is -6.98. The average Bonchev–Trinajstić information content (AvgIpc) is 0.915. The molecule has 19 nitrogen and oxygen atoms in total. The van der Waals surface area contributed by atoms with E-state index in [1.165, 1.54) is 35.0 Å². The zero-order valence-corrected chi connectivity index (χ0v) is 64.9. The van der Waals surface area contributed by atoms with E-state index in [0.717, 1.165) is 83.3 Å². The van der Waals surface area contributed by atoms with Gasteiger partial charge in [0.25, 0.3) is 25.8 Å².